The lowest BCUT2D eigenvalue weighted by atomic mass is 10.1. The Labute approximate surface area is 178 Å². The summed E-state index contributed by atoms with van der Waals surface area (Å²) in [6, 6.07) is 0. The van der Waals surface area contributed by atoms with Crippen LogP contribution < -0.4 is 22.0 Å². The number of allylic oxidation sites excluding steroid dienone is 1. The van der Waals surface area contributed by atoms with Crippen molar-refractivity contribution in [3.8, 4) is 5.88 Å². The van der Waals surface area contributed by atoms with Crippen LogP contribution in [-0.2, 0) is 17.9 Å². The second-order valence-electron chi connectivity index (χ2n) is 7.06. The van der Waals surface area contributed by atoms with Crippen LogP contribution in [0.1, 0.15) is 17.7 Å². The van der Waals surface area contributed by atoms with Crippen molar-refractivity contribution in [2.75, 3.05) is 12.3 Å². The molecule has 14 nitrogen and oxygen atoms in total. The van der Waals surface area contributed by atoms with Crippen LogP contribution >= 0.6 is 0 Å². The molecule has 0 unspecified atom stereocenters. The van der Waals surface area contributed by atoms with Crippen molar-refractivity contribution in [3.63, 3.8) is 0 Å². The van der Waals surface area contributed by atoms with E-state index < -0.39 is 42.7 Å². The highest BCUT2D eigenvalue weighted by molar-refractivity contribution is 5.78. The van der Waals surface area contributed by atoms with Gasteiger partial charge in [0.05, 0.1) is 6.61 Å². The zero-order valence-electron chi connectivity index (χ0n) is 16.9. The minimum atomic E-state index is -1.53. The fourth-order valence-electron chi connectivity index (χ4n) is 3.52. The molecule has 32 heavy (non-hydrogen) atoms. The van der Waals surface area contributed by atoms with Gasteiger partial charge in [0.2, 0.25) is 11.8 Å². The number of hydrogen-bond donors (Lipinski definition) is 4. The molecule has 0 spiro atoms. The van der Waals surface area contributed by atoms with Gasteiger partial charge in [-0.15, -0.1) is 6.58 Å². The first-order valence-electron chi connectivity index (χ1n) is 9.50. The molecule has 0 aromatic carbocycles. The van der Waals surface area contributed by atoms with E-state index >= 15 is 0 Å². The van der Waals surface area contributed by atoms with E-state index in [0.717, 1.165) is 4.57 Å². The molecule has 3 aromatic rings. The Bertz CT molecular complexity index is 1270. The predicted octanol–water partition coefficient (Wildman–Crippen LogP) is -1.59. The first-order chi connectivity index (χ1) is 15.3. The number of aliphatic hydroxyl groups is 3. The van der Waals surface area contributed by atoms with E-state index in [1.54, 1.807) is 0 Å². The fourth-order valence-corrected chi connectivity index (χ4v) is 3.52. The standard InChI is InChI=1S/C18H21N5O9/c1-3-4-22-10-13(23(17(22)27)15-12(26)11(25)8(5-24)31-15)20-16(19)21-14(10)29-6-9-7(2)30-18(28)32-9/h3,8,11-12,15,24-26H,1,4-6H2,2H3,(H2,19,20,21)/t8-,11-,12-,15-/m1/s1. The minimum Gasteiger partial charge on any atom is -0.468 e. The van der Waals surface area contributed by atoms with Crippen molar-refractivity contribution in [3.05, 3.63) is 45.3 Å². The highest BCUT2D eigenvalue weighted by Crippen LogP contribution is 2.33. The van der Waals surface area contributed by atoms with Crippen molar-refractivity contribution < 1.29 is 33.6 Å². The van der Waals surface area contributed by atoms with Crippen molar-refractivity contribution in [2.24, 2.45) is 0 Å². The Morgan fingerprint density at radius 3 is 2.59 bits per heavy atom. The van der Waals surface area contributed by atoms with E-state index in [4.69, 9.17) is 24.0 Å². The van der Waals surface area contributed by atoms with Crippen LogP contribution in [0.5, 0.6) is 5.88 Å². The largest absolute Gasteiger partial charge is 0.519 e. The fraction of sp³-hybridized carbons (Fsp3) is 0.444. The van der Waals surface area contributed by atoms with Crippen LogP contribution in [0.25, 0.3) is 11.2 Å². The van der Waals surface area contributed by atoms with Gasteiger partial charge in [-0.2, -0.15) is 9.97 Å². The Morgan fingerprint density at radius 2 is 2.00 bits per heavy atom. The molecule has 0 saturated carbocycles. The van der Waals surface area contributed by atoms with Crippen molar-refractivity contribution in [1.29, 1.82) is 0 Å². The summed E-state index contributed by atoms with van der Waals surface area (Å²) < 4.78 is 23.1. The monoisotopic (exact) mass is 451 g/mol. The maximum Gasteiger partial charge on any atom is 0.519 e. The highest BCUT2D eigenvalue weighted by atomic mass is 16.6. The van der Waals surface area contributed by atoms with Crippen LogP contribution in [0.4, 0.5) is 5.95 Å². The summed E-state index contributed by atoms with van der Waals surface area (Å²) >= 11 is 0. The first kappa shape index (κ1) is 21.8. The summed E-state index contributed by atoms with van der Waals surface area (Å²) in [5, 5.41) is 29.9. The number of aromatic nitrogens is 4. The first-order valence-corrected chi connectivity index (χ1v) is 9.50. The number of anilines is 1. The summed E-state index contributed by atoms with van der Waals surface area (Å²) in [5.41, 5.74) is 5.20. The van der Waals surface area contributed by atoms with Gasteiger partial charge in [0.15, 0.2) is 35.5 Å². The van der Waals surface area contributed by atoms with E-state index in [1.807, 2.05) is 0 Å². The normalized spacial score (nSPS) is 23.1. The minimum absolute atomic E-state index is 0.0145. The van der Waals surface area contributed by atoms with Gasteiger partial charge >= 0.3 is 11.5 Å². The van der Waals surface area contributed by atoms with E-state index in [-0.39, 0.29) is 47.7 Å². The van der Waals surface area contributed by atoms with Gasteiger partial charge < -0.3 is 39.4 Å². The summed E-state index contributed by atoms with van der Waals surface area (Å²) in [5.74, 6) is -0.941. The molecule has 4 heterocycles. The molecule has 172 valence electrons. The molecule has 0 aliphatic carbocycles. The van der Waals surface area contributed by atoms with Gasteiger partial charge in [-0.1, -0.05) is 6.08 Å². The molecule has 1 fully saturated rings. The van der Waals surface area contributed by atoms with Crippen molar-refractivity contribution >= 4 is 17.1 Å². The smallest absolute Gasteiger partial charge is 0.468 e. The number of fused-ring (bicyclic) bond motifs is 1. The van der Waals surface area contributed by atoms with Crippen LogP contribution in [0.15, 0.2) is 31.1 Å². The lowest BCUT2D eigenvalue weighted by Crippen LogP contribution is -2.36. The average Bonchev–Trinajstić information content (AvgIpc) is 3.32. The topological polar surface area (TPSA) is 201 Å². The number of hydrogen-bond acceptors (Lipinski definition) is 12. The number of nitrogen functional groups attached to an aromatic ring is 1. The van der Waals surface area contributed by atoms with Crippen LogP contribution in [0, 0.1) is 6.92 Å². The molecule has 0 bridgehead atoms. The van der Waals surface area contributed by atoms with Gasteiger partial charge in [-0.3, -0.25) is 4.57 Å². The van der Waals surface area contributed by atoms with Crippen molar-refractivity contribution in [1.82, 2.24) is 19.1 Å². The molecule has 3 aromatic heterocycles. The molecular formula is C18H21N5O9. The number of nitrogens with two attached hydrogens (primary N) is 1. The third kappa shape index (κ3) is 3.48. The van der Waals surface area contributed by atoms with Gasteiger partial charge in [0.25, 0.3) is 0 Å². The summed E-state index contributed by atoms with van der Waals surface area (Å²) in [7, 11) is 0. The number of ether oxygens (including phenoxy) is 2. The number of nitrogens with zero attached hydrogens (tertiary/aromatic N) is 4. The van der Waals surface area contributed by atoms with Gasteiger partial charge in [0.1, 0.15) is 18.3 Å². The average molecular weight is 451 g/mol. The van der Waals surface area contributed by atoms with E-state index in [2.05, 4.69) is 16.5 Å². The predicted molar refractivity (Wildman–Crippen MR) is 106 cm³/mol. The zero-order valence-corrected chi connectivity index (χ0v) is 16.9. The Hall–Kier alpha value is -3.46. The number of aliphatic hydroxyl groups excluding tert-OH is 3. The molecule has 0 radical (unpaired) electrons. The SMILES string of the molecule is C=CCn1c(=O)n([C@@H]2O[C@H](CO)[C@@H](O)[C@H]2O)c2nc(N)nc(OCc3oc(=O)oc3C)c21. The molecule has 4 rings (SSSR count). The third-order valence-electron chi connectivity index (χ3n) is 5.04. The maximum absolute atomic E-state index is 13.2. The summed E-state index contributed by atoms with van der Waals surface area (Å²) in [6.45, 7) is 4.32. The molecule has 14 heteroatoms. The zero-order chi connectivity index (χ0) is 23.2. The van der Waals surface area contributed by atoms with E-state index in [1.165, 1.54) is 17.6 Å². The van der Waals surface area contributed by atoms with Crippen LogP contribution in [0.3, 0.4) is 0 Å². The van der Waals surface area contributed by atoms with Gasteiger partial charge in [-0.05, 0) is 6.92 Å². The molecule has 0 amide bonds. The van der Waals surface area contributed by atoms with Gasteiger partial charge in [0, 0.05) is 6.54 Å². The molecule has 1 aliphatic heterocycles. The molecule has 1 aliphatic rings. The second-order valence-corrected chi connectivity index (χ2v) is 7.06. The summed E-state index contributed by atoms with van der Waals surface area (Å²) in [6.07, 6.45) is -3.99. The Morgan fingerprint density at radius 1 is 1.25 bits per heavy atom. The number of imidazole rings is 1. The maximum atomic E-state index is 13.2. The second kappa shape index (κ2) is 8.23. The van der Waals surface area contributed by atoms with E-state index in [0.29, 0.717) is 0 Å². The lowest BCUT2D eigenvalue weighted by Gasteiger charge is -2.16. The molecular weight excluding hydrogens is 430 g/mol. The Kier molecular flexibility index (Phi) is 5.60. The lowest BCUT2D eigenvalue weighted by molar-refractivity contribution is -0.0527. The van der Waals surface area contributed by atoms with Crippen molar-refractivity contribution in [2.45, 2.75) is 44.6 Å². The molecule has 1 saturated heterocycles. The highest BCUT2D eigenvalue weighted by Gasteiger charge is 2.45. The van der Waals surface area contributed by atoms with Crippen LogP contribution in [-0.4, -0.2) is 59.3 Å². The van der Waals surface area contributed by atoms with Crippen LogP contribution in [0.2, 0.25) is 0 Å². The third-order valence-corrected chi connectivity index (χ3v) is 5.04. The number of rotatable bonds is 7. The molecule has 5 N–H and O–H groups in total. The number of aryl methyl sites for hydroxylation is 1. The quantitative estimate of drug-likeness (QED) is 0.300. The Balaban J connectivity index is 1.85. The molecule has 4 atom stereocenters. The summed E-state index contributed by atoms with van der Waals surface area (Å²) in [4.78, 5) is 32.6. The van der Waals surface area contributed by atoms with Gasteiger partial charge in [-0.25, -0.2) is 14.2 Å². The van der Waals surface area contributed by atoms with E-state index in [9.17, 15) is 24.9 Å².